The normalized spacial score (nSPS) is 17.3. The number of likely N-dealkylation sites (tertiary alicyclic amines) is 1. The van der Waals surface area contributed by atoms with Crippen LogP contribution in [0.5, 0.6) is 0 Å². The van der Waals surface area contributed by atoms with E-state index in [0.29, 0.717) is 42.9 Å². The second-order valence-corrected chi connectivity index (χ2v) is 12.5. The van der Waals surface area contributed by atoms with Crippen molar-refractivity contribution >= 4 is 56.2 Å². The average Bonchev–Trinajstić information content (AvgIpc) is 2.97. The minimum Gasteiger partial charge on any atom is -0.444 e. The van der Waals surface area contributed by atoms with E-state index in [1.165, 1.54) is 30.6 Å². The van der Waals surface area contributed by atoms with Crippen LogP contribution >= 0.6 is 11.6 Å². The van der Waals surface area contributed by atoms with Gasteiger partial charge in [-0.25, -0.2) is 14.8 Å². The average molecular weight is 644 g/mol. The van der Waals surface area contributed by atoms with Crippen LogP contribution in [0.3, 0.4) is 0 Å². The lowest BCUT2D eigenvalue weighted by molar-refractivity contribution is -0.114. The number of allylic oxidation sites excluding steroid dienone is 2. The number of nitrogens with one attached hydrogen (secondary N) is 2. The van der Waals surface area contributed by atoms with Crippen molar-refractivity contribution in [1.82, 2.24) is 14.9 Å². The van der Waals surface area contributed by atoms with Crippen LogP contribution in [0.25, 0.3) is 0 Å². The van der Waals surface area contributed by atoms with Crippen LogP contribution in [-0.2, 0) is 24.6 Å². The highest BCUT2D eigenvalue weighted by molar-refractivity contribution is 7.73. The molecule has 0 aromatic carbocycles. The van der Waals surface area contributed by atoms with Crippen LogP contribution in [0, 0.1) is 0 Å². The van der Waals surface area contributed by atoms with Gasteiger partial charge in [-0.15, -0.1) is 0 Å². The standard InChI is InChI=1S/C30H34ClN5O7S/c1-5-18-8-10-21(25(26(18)44(40)41)42-20-12-15-36(16-13-20)29(39)43-30(2,3)4)27(37)34-22-7-6-14-32-24(22)28(38)35-23-11-9-19(31)17-33-23/h6-11,14,17,20,25H,5,12-13,15-16H2,1-4H3,(H,34,37)(H,33,35,38). The van der Waals surface area contributed by atoms with Crippen LogP contribution in [0.4, 0.5) is 16.3 Å². The van der Waals surface area contributed by atoms with Gasteiger partial charge in [0.2, 0.25) is 10.3 Å². The topological polar surface area (TPSA) is 157 Å². The summed E-state index contributed by atoms with van der Waals surface area (Å²) in [6.45, 7) is 7.88. The molecule has 1 saturated heterocycles. The first-order chi connectivity index (χ1) is 20.9. The van der Waals surface area contributed by atoms with Crippen molar-refractivity contribution in [1.29, 1.82) is 0 Å². The Bertz CT molecular complexity index is 1620. The van der Waals surface area contributed by atoms with Crippen molar-refractivity contribution in [3.63, 3.8) is 0 Å². The van der Waals surface area contributed by atoms with E-state index in [-0.39, 0.29) is 27.6 Å². The van der Waals surface area contributed by atoms with Gasteiger partial charge in [0.1, 0.15) is 22.4 Å². The number of amides is 3. The summed E-state index contributed by atoms with van der Waals surface area (Å²) in [6, 6.07) is 6.14. The molecule has 0 saturated carbocycles. The second-order valence-electron chi connectivity index (χ2n) is 11.1. The summed E-state index contributed by atoms with van der Waals surface area (Å²) in [6.07, 6.45) is 5.06. The molecule has 0 spiro atoms. The van der Waals surface area contributed by atoms with Gasteiger partial charge in [0, 0.05) is 25.5 Å². The molecule has 14 heteroatoms. The Balaban J connectivity index is 1.54. The molecule has 4 rings (SSSR count). The molecular weight excluding hydrogens is 610 g/mol. The molecule has 1 fully saturated rings. The first kappa shape index (κ1) is 32.8. The molecule has 2 N–H and O–H groups in total. The molecule has 2 aromatic rings. The molecule has 1 atom stereocenters. The van der Waals surface area contributed by atoms with Gasteiger partial charge in [0.15, 0.2) is 5.69 Å². The number of anilines is 2. The number of pyridine rings is 2. The first-order valence-electron chi connectivity index (χ1n) is 14.1. The van der Waals surface area contributed by atoms with Gasteiger partial charge in [-0.2, -0.15) is 8.42 Å². The number of rotatable bonds is 7. The predicted octanol–water partition coefficient (Wildman–Crippen LogP) is 4.43. The van der Waals surface area contributed by atoms with Gasteiger partial charge < -0.3 is 25.0 Å². The van der Waals surface area contributed by atoms with Crippen molar-refractivity contribution in [2.75, 3.05) is 23.7 Å². The SMILES string of the molecule is CCC1=CC=C(C(=O)Nc2cccnc2C(=O)Nc2ccc(Cl)cn2)C(OC2CCN(C(=O)OC(C)(C)C)CC2)C1=S(=O)=O. The maximum atomic E-state index is 13.7. The summed E-state index contributed by atoms with van der Waals surface area (Å²) in [5.41, 5.74) is -0.0493. The second kappa shape index (κ2) is 14.1. The van der Waals surface area contributed by atoms with Crippen molar-refractivity contribution in [2.45, 2.75) is 64.8 Å². The van der Waals surface area contributed by atoms with Gasteiger partial charge in [0.25, 0.3) is 11.8 Å². The van der Waals surface area contributed by atoms with E-state index in [1.807, 2.05) is 6.92 Å². The van der Waals surface area contributed by atoms with Gasteiger partial charge in [-0.3, -0.25) is 9.59 Å². The van der Waals surface area contributed by atoms with E-state index in [1.54, 1.807) is 43.9 Å². The third-order valence-corrected chi connectivity index (χ3v) is 7.84. The number of nitrogens with zero attached hydrogens (tertiary/aromatic N) is 3. The van der Waals surface area contributed by atoms with Crippen LogP contribution in [0.15, 0.2) is 60.0 Å². The van der Waals surface area contributed by atoms with E-state index < -0.39 is 46.0 Å². The quantitative estimate of drug-likeness (QED) is 0.417. The number of aromatic nitrogens is 2. The summed E-state index contributed by atoms with van der Waals surface area (Å²) in [5, 5.41) is 5.70. The predicted molar refractivity (Wildman–Crippen MR) is 166 cm³/mol. The third-order valence-electron chi connectivity index (χ3n) is 6.79. The molecule has 2 aliphatic rings. The van der Waals surface area contributed by atoms with Crippen molar-refractivity contribution in [3.8, 4) is 0 Å². The van der Waals surface area contributed by atoms with E-state index in [2.05, 4.69) is 20.6 Å². The van der Waals surface area contributed by atoms with E-state index in [0.717, 1.165) is 0 Å². The van der Waals surface area contributed by atoms with E-state index in [9.17, 15) is 22.8 Å². The third kappa shape index (κ3) is 8.30. The van der Waals surface area contributed by atoms with Crippen LogP contribution < -0.4 is 10.6 Å². The highest BCUT2D eigenvalue weighted by atomic mass is 35.5. The zero-order valence-electron chi connectivity index (χ0n) is 24.8. The molecular formula is C30H34ClN5O7S. The molecule has 1 aliphatic carbocycles. The number of piperidine rings is 1. The Morgan fingerprint density at radius 2 is 1.77 bits per heavy atom. The fraction of sp³-hybridized carbons (Fsp3) is 0.400. The van der Waals surface area contributed by atoms with E-state index >= 15 is 0 Å². The smallest absolute Gasteiger partial charge is 0.410 e. The minimum atomic E-state index is -2.69. The molecule has 44 heavy (non-hydrogen) atoms. The van der Waals surface area contributed by atoms with Crippen molar-refractivity contribution in [2.24, 2.45) is 0 Å². The molecule has 1 aliphatic heterocycles. The minimum absolute atomic E-state index is 0.0345. The Morgan fingerprint density at radius 1 is 1.05 bits per heavy atom. The zero-order valence-corrected chi connectivity index (χ0v) is 26.4. The fourth-order valence-electron chi connectivity index (χ4n) is 4.69. The summed E-state index contributed by atoms with van der Waals surface area (Å²) >= 11 is 5.87. The maximum absolute atomic E-state index is 13.7. The molecule has 0 bridgehead atoms. The number of halogens is 1. The zero-order chi connectivity index (χ0) is 32.0. The molecule has 0 radical (unpaired) electrons. The van der Waals surface area contributed by atoms with Crippen LogP contribution in [0.2, 0.25) is 5.02 Å². The number of carbonyl (C=O) groups excluding carboxylic acids is 3. The molecule has 3 amide bonds. The van der Waals surface area contributed by atoms with Crippen LogP contribution in [0.1, 0.15) is 57.4 Å². The number of carbonyl (C=O) groups is 3. The highest BCUT2D eigenvalue weighted by Crippen LogP contribution is 2.28. The van der Waals surface area contributed by atoms with Crippen molar-refractivity contribution in [3.05, 3.63) is 70.7 Å². The summed E-state index contributed by atoms with van der Waals surface area (Å²) in [5.74, 6) is -1.06. The number of hydrogen-bond donors (Lipinski definition) is 2. The Labute approximate surface area is 262 Å². The summed E-state index contributed by atoms with van der Waals surface area (Å²) in [7, 11) is -2.69. The largest absolute Gasteiger partial charge is 0.444 e. The molecule has 1 unspecified atom stereocenters. The highest BCUT2D eigenvalue weighted by Gasteiger charge is 2.36. The Hall–Kier alpha value is -4.07. The lowest BCUT2D eigenvalue weighted by atomic mass is 9.92. The van der Waals surface area contributed by atoms with E-state index in [4.69, 9.17) is 21.1 Å². The lowest BCUT2D eigenvalue weighted by Crippen LogP contribution is -2.46. The van der Waals surface area contributed by atoms with Gasteiger partial charge in [-0.05, 0) is 69.9 Å². The number of ether oxygens (including phenoxy) is 2. The van der Waals surface area contributed by atoms with Gasteiger partial charge >= 0.3 is 6.09 Å². The van der Waals surface area contributed by atoms with Gasteiger partial charge in [-0.1, -0.05) is 30.7 Å². The maximum Gasteiger partial charge on any atom is 0.410 e. The Morgan fingerprint density at radius 3 is 2.39 bits per heavy atom. The first-order valence-corrected chi connectivity index (χ1v) is 15.5. The number of hydrogen-bond acceptors (Lipinski definition) is 9. The fourth-order valence-corrected chi connectivity index (χ4v) is 5.58. The molecule has 2 aromatic heterocycles. The molecule has 12 nitrogen and oxygen atoms in total. The summed E-state index contributed by atoms with van der Waals surface area (Å²) in [4.78, 5) is 48.9. The van der Waals surface area contributed by atoms with Crippen LogP contribution in [-0.4, -0.2) is 77.0 Å². The van der Waals surface area contributed by atoms with Crippen molar-refractivity contribution < 1.29 is 32.3 Å². The summed E-state index contributed by atoms with van der Waals surface area (Å²) < 4.78 is 36.7. The molecule has 234 valence electrons. The monoisotopic (exact) mass is 643 g/mol. The Kier molecular flexibility index (Phi) is 10.6. The van der Waals surface area contributed by atoms with Gasteiger partial charge in [0.05, 0.1) is 22.4 Å². The lowest BCUT2D eigenvalue weighted by Gasteiger charge is -2.35. The molecule has 3 heterocycles.